The van der Waals surface area contributed by atoms with Crippen molar-refractivity contribution >= 4 is 11.7 Å². The zero-order valence-electron chi connectivity index (χ0n) is 10.2. The van der Waals surface area contributed by atoms with E-state index in [2.05, 4.69) is 5.32 Å². The molecular weight excluding hydrogens is 232 g/mol. The van der Waals surface area contributed by atoms with Crippen LogP contribution in [0.15, 0.2) is 24.3 Å². The summed E-state index contributed by atoms with van der Waals surface area (Å²) in [6.45, 7) is 1.93. The first-order valence-electron chi connectivity index (χ1n) is 5.70. The van der Waals surface area contributed by atoms with Crippen LogP contribution in [0.2, 0.25) is 0 Å². The van der Waals surface area contributed by atoms with E-state index in [0.29, 0.717) is 12.2 Å². The summed E-state index contributed by atoms with van der Waals surface area (Å²) in [6.07, 6.45) is 0.692. The highest BCUT2D eigenvalue weighted by molar-refractivity contribution is 5.66. The standard InChI is InChI=1S/C13H16N2O3/c1-10(5-6-13(16)17)15-11-3-2-4-12(9-11)18-8-7-14/h2-4,9-10,15H,5-6,8H2,1H3,(H,16,17). The van der Waals surface area contributed by atoms with E-state index < -0.39 is 5.97 Å². The van der Waals surface area contributed by atoms with Crippen LogP contribution in [-0.2, 0) is 4.79 Å². The molecule has 0 aliphatic rings. The van der Waals surface area contributed by atoms with Crippen LogP contribution in [0, 0.1) is 11.3 Å². The molecule has 0 aliphatic carbocycles. The fraction of sp³-hybridized carbons (Fsp3) is 0.385. The molecule has 0 aromatic heterocycles. The lowest BCUT2D eigenvalue weighted by Gasteiger charge is -2.14. The van der Waals surface area contributed by atoms with Gasteiger partial charge in [0, 0.05) is 24.2 Å². The lowest BCUT2D eigenvalue weighted by Crippen LogP contribution is -2.16. The second kappa shape index (κ2) is 7.17. The fourth-order valence-corrected chi connectivity index (χ4v) is 1.49. The highest BCUT2D eigenvalue weighted by Crippen LogP contribution is 2.18. The summed E-state index contributed by atoms with van der Waals surface area (Å²) in [6, 6.07) is 9.21. The number of aliphatic carboxylic acids is 1. The molecule has 1 rings (SSSR count). The normalized spacial score (nSPS) is 11.3. The molecule has 5 heteroatoms. The third-order valence-electron chi connectivity index (χ3n) is 2.34. The van der Waals surface area contributed by atoms with Crippen molar-refractivity contribution in [2.45, 2.75) is 25.8 Å². The van der Waals surface area contributed by atoms with Crippen LogP contribution in [0.3, 0.4) is 0 Å². The minimum absolute atomic E-state index is 0.0119. The summed E-state index contributed by atoms with van der Waals surface area (Å²) in [7, 11) is 0. The van der Waals surface area contributed by atoms with E-state index in [1.165, 1.54) is 0 Å². The quantitative estimate of drug-likeness (QED) is 0.773. The van der Waals surface area contributed by atoms with Crippen molar-refractivity contribution in [2.24, 2.45) is 0 Å². The molecule has 0 amide bonds. The largest absolute Gasteiger partial charge is 0.481 e. The number of carboxylic acids is 1. The van der Waals surface area contributed by atoms with Gasteiger partial charge in [0.2, 0.25) is 0 Å². The Bertz CT molecular complexity index is 440. The van der Waals surface area contributed by atoms with Gasteiger partial charge in [-0.1, -0.05) is 6.07 Å². The molecule has 5 nitrogen and oxygen atoms in total. The van der Waals surface area contributed by atoms with E-state index in [9.17, 15) is 4.79 Å². The number of nitrogens with zero attached hydrogens (tertiary/aromatic N) is 1. The maximum absolute atomic E-state index is 10.5. The number of carboxylic acid groups (broad SMARTS) is 1. The predicted molar refractivity (Wildman–Crippen MR) is 67.5 cm³/mol. The fourth-order valence-electron chi connectivity index (χ4n) is 1.49. The summed E-state index contributed by atoms with van der Waals surface area (Å²) in [5.74, 6) is -0.179. The summed E-state index contributed by atoms with van der Waals surface area (Å²) in [5.41, 5.74) is 0.850. The molecule has 0 bridgehead atoms. The number of hydrogen-bond acceptors (Lipinski definition) is 4. The molecule has 0 heterocycles. The van der Waals surface area contributed by atoms with Gasteiger partial charge in [-0.05, 0) is 25.5 Å². The SMILES string of the molecule is CC(CCC(=O)O)Nc1cccc(OCC#N)c1. The first-order chi connectivity index (χ1) is 8.61. The Labute approximate surface area is 106 Å². The third-order valence-corrected chi connectivity index (χ3v) is 2.34. The molecule has 96 valence electrons. The van der Waals surface area contributed by atoms with Crippen molar-refractivity contribution in [1.82, 2.24) is 0 Å². The summed E-state index contributed by atoms with van der Waals surface area (Å²) in [5, 5.41) is 20.2. The van der Waals surface area contributed by atoms with E-state index in [4.69, 9.17) is 15.1 Å². The number of carbonyl (C=O) groups is 1. The molecule has 0 fully saturated rings. The van der Waals surface area contributed by atoms with Crippen molar-refractivity contribution in [3.8, 4) is 11.8 Å². The van der Waals surface area contributed by atoms with Crippen LogP contribution in [0.25, 0.3) is 0 Å². The smallest absolute Gasteiger partial charge is 0.303 e. The highest BCUT2D eigenvalue weighted by Gasteiger charge is 2.05. The lowest BCUT2D eigenvalue weighted by molar-refractivity contribution is -0.137. The van der Waals surface area contributed by atoms with Gasteiger partial charge in [-0.2, -0.15) is 5.26 Å². The van der Waals surface area contributed by atoms with E-state index >= 15 is 0 Å². The topological polar surface area (TPSA) is 82.3 Å². The van der Waals surface area contributed by atoms with E-state index in [1.807, 2.05) is 25.1 Å². The summed E-state index contributed by atoms with van der Waals surface area (Å²) in [4.78, 5) is 10.5. The number of ether oxygens (including phenoxy) is 1. The van der Waals surface area contributed by atoms with E-state index in [1.54, 1.807) is 12.1 Å². The first-order valence-corrected chi connectivity index (χ1v) is 5.70. The molecule has 0 saturated heterocycles. The molecule has 18 heavy (non-hydrogen) atoms. The molecule has 0 spiro atoms. The first kappa shape index (κ1) is 13.8. The Kier molecular flexibility index (Phi) is 5.52. The van der Waals surface area contributed by atoms with Crippen LogP contribution >= 0.6 is 0 Å². The number of benzene rings is 1. The number of hydrogen-bond donors (Lipinski definition) is 2. The number of anilines is 1. The van der Waals surface area contributed by atoms with Gasteiger partial charge in [-0.25, -0.2) is 0 Å². The van der Waals surface area contributed by atoms with Crippen molar-refractivity contribution < 1.29 is 14.6 Å². The van der Waals surface area contributed by atoms with Crippen LogP contribution in [-0.4, -0.2) is 23.7 Å². The highest BCUT2D eigenvalue weighted by atomic mass is 16.5. The van der Waals surface area contributed by atoms with Gasteiger partial charge in [-0.3, -0.25) is 4.79 Å². The molecule has 1 atom stereocenters. The van der Waals surface area contributed by atoms with Crippen LogP contribution in [0.4, 0.5) is 5.69 Å². The monoisotopic (exact) mass is 248 g/mol. The van der Waals surface area contributed by atoms with Gasteiger partial charge in [-0.15, -0.1) is 0 Å². The van der Waals surface area contributed by atoms with Gasteiger partial charge < -0.3 is 15.2 Å². The summed E-state index contributed by atoms with van der Waals surface area (Å²) < 4.78 is 5.18. The number of nitrogens with one attached hydrogen (secondary N) is 1. The van der Waals surface area contributed by atoms with Crippen molar-refractivity contribution in [1.29, 1.82) is 5.26 Å². The van der Waals surface area contributed by atoms with Crippen molar-refractivity contribution in [3.63, 3.8) is 0 Å². The Morgan fingerprint density at radius 3 is 3.06 bits per heavy atom. The molecule has 1 aromatic rings. The number of nitriles is 1. The Morgan fingerprint density at radius 1 is 1.61 bits per heavy atom. The van der Waals surface area contributed by atoms with Gasteiger partial charge in [0.05, 0.1) is 0 Å². The van der Waals surface area contributed by atoms with Crippen LogP contribution in [0.5, 0.6) is 5.75 Å². The molecule has 1 unspecified atom stereocenters. The Hall–Kier alpha value is -2.22. The molecule has 2 N–H and O–H groups in total. The Morgan fingerprint density at radius 2 is 2.39 bits per heavy atom. The number of rotatable bonds is 7. The van der Waals surface area contributed by atoms with Crippen molar-refractivity contribution in [2.75, 3.05) is 11.9 Å². The lowest BCUT2D eigenvalue weighted by atomic mass is 10.1. The van der Waals surface area contributed by atoms with Gasteiger partial charge in [0.1, 0.15) is 11.8 Å². The van der Waals surface area contributed by atoms with E-state index in [0.717, 1.165) is 5.69 Å². The molecule has 1 aromatic carbocycles. The van der Waals surface area contributed by atoms with Gasteiger partial charge in [0.15, 0.2) is 6.61 Å². The predicted octanol–water partition coefficient (Wildman–Crippen LogP) is 2.25. The van der Waals surface area contributed by atoms with Crippen LogP contribution in [0.1, 0.15) is 19.8 Å². The van der Waals surface area contributed by atoms with Crippen LogP contribution < -0.4 is 10.1 Å². The summed E-state index contributed by atoms with van der Waals surface area (Å²) >= 11 is 0. The Balaban J connectivity index is 2.51. The zero-order valence-corrected chi connectivity index (χ0v) is 10.2. The maximum atomic E-state index is 10.5. The molecule has 0 saturated carbocycles. The minimum Gasteiger partial charge on any atom is -0.481 e. The molecule has 0 aliphatic heterocycles. The van der Waals surface area contributed by atoms with Gasteiger partial charge in [0.25, 0.3) is 0 Å². The third kappa shape index (κ3) is 5.21. The zero-order chi connectivity index (χ0) is 13.4. The molecular formula is C13H16N2O3. The average molecular weight is 248 g/mol. The maximum Gasteiger partial charge on any atom is 0.303 e. The average Bonchev–Trinajstić information content (AvgIpc) is 2.34. The van der Waals surface area contributed by atoms with Gasteiger partial charge >= 0.3 is 5.97 Å². The molecule has 0 radical (unpaired) electrons. The minimum atomic E-state index is -0.797. The second-order valence-electron chi connectivity index (χ2n) is 3.95. The van der Waals surface area contributed by atoms with Crippen molar-refractivity contribution in [3.05, 3.63) is 24.3 Å². The second-order valence-corrected chi connectivity index (χ2v) is 3.95. The van der Waals surface area contributed by atoms with E-state index in [-0.39, 0.29) is 19.1 Å².